The average Bonchev–Trinajstić information content (AvgIpc) is 3.72. The Morgan fingerprint density at radius 1 is 0.413 bits per heavy atom. The average molecular weight is 603 g/mol. The van der Waals surface area contributed by atoms with E-state index >= 15 is 0 Å². The Hall–Kier alpha value is -5.70. The van der Waals surface area contributed by atoms with E-state index in [1.54, 1.807) is 11.3 Å². The maximum atomic E-state index is 6.81. The molecule has 2 aromatic heterocycles. The molecule has 2 heterocycles. The molecule has 0 amide bonds. The van der Waals surface area contributed by atoms with Gasteiger partial charge in [0, 0.05) is 26.4 Å². The van der Waals surface area contributed by atoms with Crippen molar-refractivity contribution in [1.82, 2.24) is 0 Å². The second-order valence-corrected chi connectivity index (χ2v) is 13.0. The Morgan fingerprint density at radius 3 is 1.72 bits per heavy atom. The normalized spacial score (nSPS) is 11.9. The zero-order valence-corrected chi connectivity index (χ0v) is 25.6. The first kappa shape index (κ1) is 25.6. The van der Waals surface area contributed by atoms with Gasteiger partial charge < -0.3 is 4.42 Å². The van der Waals surface area contributed by atoms with Crippen LogP contribution in [0.2, 0.25) is 0 Å². The van der Waals surface area contributed by atoms with E-state index in [0.717, 1.165) is 27.5 Å². The van der Waals surface area contributed by atoms with Crippen LogP contribution in [0.5, 0.6) is 0 Å². The van der Waals surface area contributed by atoms with Crippen molar-refractivity contribution >= 4 is 75.7 Å². The molecule has 0 aliphatic rings. The highest BCUT2D eigenvalue weighted by molar-refractivity contribution is 7.18. The molecule has 0 aliphatic heterocycles. The summed E-state index contributed by atoms with van der Waals surface area (Å²) in [7, 11) is 0. The van der Waals surface area contributed by atoms with Crippen molar-refractivity contribution in [2.75, 3.05) is 0 Å². The lowest BCUT2D eigenvalue weighted by molar-refractivity contribution is 0.673. The van der Waals surface area contributed by atoms with E-state index in [-0.39, 0.29) is 0 Å². The number of fused-ring (bicyclic) bond motifs is 8. The van der Waals surface area contributed by atoms with Gasteiger partial charge >= 0.3 is 0 Å². The molecule has 0 fully saturated rings. The fraction of sp³-hybridized carbons (Fsp3) is 0. The van der Waals surface area contributed by atoms with Crippen LogP contribution in [0.1, 0.15) is 0 Å². The molecule has 0 saturated carbocycles. The van der Waals surface area contributed by atoms with Crippen molar-refractivity contribution < 1.29 is 4.42 Å². The van der Waals surface area contributed by atoms with E-state index in [4.69, 9.17) is 4.42 Å². The Kier molecular flexibility index (Phi) is 5.51. The van der Waals surface area contributed by atoms with Gasteiger partial charge in [0.15, 0.2) is 0 Å². The summed E-state index contributed by atoms with van der Waals surface area (Å²) in [4.78, 5) is 0. The predicted octanol–water partition coefficient (Wildman–Crippen LogP) is 13.3. The minimum absolute atomic E-state index is 0.914. The van der Waals surface area contributed by atoms with Crippen LogP contribution in [0.4, 0.5) is 0 Å². The molecular weight excluding hydrogens is 577 g/mol. The second-order valence-electron chi connectivity index (χ2n) is 12.0. The number of thiophene rings is 1. The summed E-state index contributed by atoms with van der Waals surface area (Å²) in [6.45, 7) is 0. The summed E-state index contributed by atoms with van der Waals surface area (Å²) >= 11 is 1.78. The molecule has 2 heteroatoms. The molecule has 8 aromatic carbocycles. The van der Waals surface area contributed by atoms with Crippen LogP contribution < -0.4 is 0 Å². The molecule has 0 N–H and O–H groups in total. The Balaban J connectivity index is 1.24. The van der Waals surface area contributed by atoms with Crippen LogP contribution in [0.15, 0.2) is 161 Å². The summed E-state index contributed by atoms with van der Waals surface area (Å²) in [5.41, 5.74) is 9.23. The molecule has 0 unspecified atom stereocenters. The monoisotopic (exact) mass is 602 g/mol. The Morgan fingerprint density at radius 2 is 1.00 bits per heavy atom. The molecule has 214 valence electrons. The van der Waals surface area contributed by atoms with Gasteiger partial charge in [-0.3, -0.25) is 0 Å². The quantitative estimate of drug-likeness (QED) is 0.183. The SMILES string of the molecule is c1ccc(-c2csc3ccc4c5ccc(-c6c7ccccc7c(-c7ccc8ccccc8c7)c7ccccc67)cc5oc4c23)cc1. The van der Waals surface area contributed by atoms with Crippen LogP contribution in [0.3, 0.4) is 0 Å². The van der Waals surface area contributed by atoms with Crippen molar-refractivity contribution in [3.63, 3.8) is 0 Å². The lowest BCUT2D eigenvalue weighted by Gasteiger charge is -2.18. The Labute approximate surface area is 269 Å². The number of rotatable bonds is 3. The van der Waals surface area contributed by atoms with Gasteiger partial charge in [-0.2, -0.15) is 0 Å². The fourth-order valence-electron chi connectivity index (χ4n) is 7.44. The highest BCUT2D eigenvalue weighted by Gasteiger charge is 2.19. The molecule has 0 atom stereocenters. The maximum Gasteiger partial charge on any atom is 0.144 e. The molecule has 0 saturated heterocycles. The van der Waals surface area contributed by atoms with E-state index in [0.29, 0.717) is 0 Å². The van der Waals surface area contributed by atoms with Crippen molar-refractivity contribution in [1.29, 1.82) is 0 Å². The summed E-state index contributed by atoms with van der Waals surface area (Å²) in [6, 6.07) is 55.0. The third-order valence-corrected chi connectivity index (χ3v) is 10.5. The highest BCUT2D eigenvalue weighted by atomic mass is 32.1. The molecule has 10 rings (SSSR count). The van der Waals surface area contributed by atoms with Crippen molar-refractivity contribution in [2.24, 2.45) is 0 Å². The standard InChI is InChI=1S/C44H26OS/c1-2-11-28(12-3-1)38-26-46-40-23-22-37-32-21-20-31(25-39(32)45-44(37)43(38)40)42-35-16-8-6-14-33(35)41(34-15-7-9-17-36(34)42)30-19-18-27-10-4-5-13-29(27)24-30/h1-26H. The fourth-order valence-corrected chi connectivity index (χ4v) is 8.40. The molecule has 10 aromatic rings. The molecule has 1 nitrogen and oxygen atoms in total. The number of hydrogen-bond donors (Lipinski definition) is 0. The van der Waals surface area contributed by atoms with E-state index in [2.05, 4.69) is 157 Å². The minimum atomic E-state index is 0.914. The van der Waals surface area contributed by atoms with Gasteiger partial charge in [0.1, 0.15) is 11.2 Å². The van der Waals surface area contributed by atoms with Gasteiger partial charge in [-0.1, -0.05) is 121 Å². The highest BCUT2D eigenvalue weighted by Crippen LogP contribution is 2.46. The first-order chi connectivity index (χ1) is 22.8. The first-order valence-corrected chi connectivity index (χ1v) is 16.5. The molecule has 0 aliphatic carbocycles. The Bertz CT molecular complexity index is 2740. The lowest BCUT2D eigenvalue weighted by Crippen LogP contribution is -1.90. The third-order valence-electron chi connectivity index (χ3n) is 9.52. The zero-order valence-electron chi connectivity index (χ0n) is 24.8. The largest absolute Gasteiger partial charge is 0.455 e. The summed E-state index contributed by atoms with van der Waals surface area (Å²) in [5.74, 6) is 0. The molecule has 0 spiro atoms. The van der Waals surface area contributed by atoms with Gasteiger partial charge in [-0.15, -0.1) is 11.3 Å². The third kappa shape index (κ3) is 3.74. The van der Waals surface area contributed by atoms with Gasteiger partial charge in [-0.25, -0.2) is 0 Å². The molecular formula is C44H26OS. The van der Waals surface area contributed by atoms with Crippen molar-refractivity contribution in [3.8, 4) is 33.4 Å². The van der Waals surface area contributed by atoms with Gasteiger partial charge in [-0.05, 0) is 95.8 Å². The lowest BCUT2D eigenvalue weighted by atomic mass is 9.85. The van der Waals surface area contributed by atoms with Gasteiger partial charge in [0.05, 0.1) is 0 Å². The van der Waals surface area contributed by atoms with Crippen LogP contribution >= 0.6 is 11.3 Å². The topological polar surface area (TPSA) is 13.1 Å². The summed E-state index contributed by atoms with van der Waals surface area (Å²) in [5, 5.41) is 13.3. The molecule has 46 heavy (non-hydrogen) atoms. The van der Waals surface area contributed by atoms with Gasteiger partial charge in [0.25, 0.3) is 0 Å². The van der Waals surface area contributed by atoms with Crippen LogP contribution in [-0.2, 0) is 0 Å². The van der Waals surface area contributed by atoms with Gasteiger partial charge in [0.2, 0.25) is 0 Å². The number of hydrogen-bond acceptors (Lipinski definition) is 2. The smallest absolute Gasteiger partial charge is 0.144 e. The van der Waals surface area contributed by atoms with Crippen molar-refractivity contribution in [2.45, 2.75) is 0 Å². The van der Waals surface area contributed by atoms with E-state index in [1.807, 2.05) is 0 Å². The van der Waals surface area contributed by atoms with Crippen molar-refractivity contribution in [3.05, 3.63) is 157 Å². The van der Waals surface area contributed by atoms with E-state index in [1.165, 1.54) is 70.2 Å². The van der Waals surface area contributed by atoms with Crippen LogP contribution in [-0.4, -0.2) is 0 Å². The number of furan rings is 1. The minimum Gasteiger partial charge on any atom is -0.455 e. The summed E-state index contributed by atoms with van der Waals surface area (Å²) in [6.07, 6.45) is 0. The maximum absolute atomic E-state index is 6.81. The second kappa shape index (κ2) is 9.90. The molecule has 0 bridgehead atoms. The number of benzene rings is 8. The first-order valence-electron chi connectivity index (χ1n) is 15.7. The van der Waals surface area contributed by atoms with Crippen LogP contribution in [0.25, 0.3) is 97.7 Å². The predicted molar refractivity (Wildman–Crippen MR) is 198 cm³/mol. The van der Waals surface area contributed by atoms with Crippen LogP contribution in [0, 0.1) is 0 Å². The van der Waals surface area contributed by atoms with E-state index in [9.17, 15) is 0 Å². The summed E-state index contributed by atoms with van der Waals surface area (Å²) < 4.78 is 8.06. The van der Waals surface area contributed by atoms with E-state index < -0.39 is 0 Å². The molecule has 0 radical (unpaired) electrons. The zero-order chi connectivity index (χ0) is 30.2.